The summed E-state index contributed by atoms with van der Waals surface area (Å²) in [5, 5.41) is 2.89. The van der Waals surface area contributed by atoms with Gasteiger partial charge in [0, 0.05) is 31.4 Å². The minimum atomic E-state index is -4.33. The Morgan fingerprint density at radius 3 is 2.67 bits per heavy atom. The molecule has 1 amide bonds. The molecule has 2 aromatic rings. The highest BCUT2D eigenvalue weighted by Crippen LogP contribution is 2.47. The van der Waals surface area contributed by atoms with Crippen molar-refractivity contribution in [2.45, 2.75) is 31.5 Å². The number of amides is 1. The maximum atomic E-state index is 12.5. The Hall–Kier alpha value is -2.31. The second-order valence-electron chi connectivity index (χ2n) is 6.01. The summed E-state index contributed by atoms with van der Waals surface area (Å²) < 4.78 is 39.6. The van der Waals surface area contributed by atoms with Crippen LogP contribution in [0.5, 0.6) is 0 Å². The molecule has 0 bridgehead atoms. The third-order valence-electron chi connectivity index (χ3n) is 4.24. The van der Waals surface area contributed by atoms with Crippen LogP contribution in [-0.2, 0) is 17.5 Å². The van der Waals surface area contributed by atoms with Crippen molar-refractivity contribution in [3.05, 3.63) is 54.1 Å². The number of nitrogens with zero attached hydrogens (tertiary/aromatic N) is 2. The molecule has 1 aromatic carbocycles. The number of aromatic nitrogens is 2. The van der Waals surface area contributed by atoms with Crippen LogP contribution < -0.4 is 5.32 Å². The van der Waals surface area contributed by atoms with E-state index in [0.29, 0.717) is 13.0 Å². The van der Waals surface area contributed by atoms with E-state index in [1.165, 1.54) is 12.1 Å². The van der Waals surface area contributed by atoms with Crippen LogP contribution in [0, 0.1) is 5.92 Å². The molecule has 1 aliphatic rings. The maximum Gasteiger partial charge on any atom is 0.416 e. The zero-order chi connectivity index (χ0) is 17.2. The van der Waals surface area contributed by atoms with E-state index in [4.69, 9.17) is 0 Å². The second-order valence-corrected chi connectivity index (χ2v) is 6.01. The minimum Gasteiger partial charge on any atom is -0.356 e. The molecule has 1 N–H and O–H groups in total. The van der Waals surface area contributed by atoms with Crippen LogP contribution >= 0.6 is 0 Å². The SMILES string of the molecule is O=C(NCCCn1ccnc1)C1CC1c1ccc(C(F)(F)F)cc1. The van der Waals surface area contributed by atoms with Crippen molar-refractivity contribution in [3.8, 4) is 0 Å². The van der Waals surface area contributed by atoms with Crippen LogP contribution in [0.15, 0.2) is 43.0 Å². The number of hydrogen-bond donors (Lipinski definition) is 1. The number of carbonyl (C=O) groups excluding carboxylic acids is 1. The predicted molar refractivity (Wildman–Crippen MR) is 82.1 cm³/mol. The molecular weight excluding hydrogens is 319 g/mol. The highest BCUT2D eigenvalue weighted by atomic mass is 19.4. The van der Waals surface area contributed by atoms with Gasteiger partial charge in [0.1, 0.15) is 0 Å². The van der Waals surface area contributed by atoms with E-state index in [-0.39, 0.29) is 17.7 Å². The van der Waals surface area contributed by atoms with E-state index in [9.17, 15) is 18.0 Å². The lowest BCUT2D eigenvalue weighted by Gasteiger charge is -2.08. The quantitative estimate of drug-likeness (QED) is 0.823. The Balaban J connectivity index is 1.43. The first kappa shape index (κ1) is 16.5. The molecule has 1 heterocycles. The largest absolute Gasteiger partial charge is 0.416 e. The molecule has 0 saturated heterocycles. The average molecular weight is 337 g/mol. The van der Waals surface area contributed by atoms with Gasteiger partial charge in [-0.2, -0.15) is 13.2 Å². The van der Waals surface area contributed by atoms with Gasteiger partial charge in [-0.15, -0.1) is 0 Å². The standard InChI is InChI=1S/C17H18F3N3O/c18-17(19,20)13-4-2-12(3-5-13)14-10-15(14)16(24)22-6-1-8-23-9-7-21-11-23/h2-5,7,9,11,14-15H,1,6,8,10H2,(H,22,24). The Kier molecular flexibility index (Phi) is 4.59. The first-order valence-electron chi connectivity index (χ1n) is 7.86. The van der Waals surface area contributed by atoms with Crippen molar-refractivity contribution in [2.24, 2.45) is 5.92 Å². The van der Waals surface area contributed by atoms with Crippen molar-refractivity contribution in [1.82, 2.24) is 14.9 Å². The van der Waals surface area contributed by atoms with Gasteiger partial charge in [0.15, 0.2) is 0 Å². The van der Waals surface area contributed by atoms with Crippen LogP contribution in [-0.4, -0.2) is 22.0 Å². The molecule has 1 saturated carbocycles. The number of rotatable bonds is 6. The van der Waals surface area contributed by atoms with E-state index in [2.05, 4.69) is 10.3 Å². The van der Waals surface area contributed by atoms with Gasteiger partial charge in [0.2, 0.25) is 5.91 Å². The van der Waals surface area contributed by atoms with Gasteiger partial charge in [-0.05, 0) is 36.5 Å². The number of imidazole rings is 1. The summed E-state index contributed by atoms with van der Waals surface area (Å²) in [6, 6.07) is 5.10. The highest BCUT2D eigenvalue weighted by Gasteiger charge is 2.44. The van der Waals surface area contributed by atoms with Crippen LogP contribution in [0.4, 0.5) is 13.2 Å². The van der Waals surface area contributed by atoms with Gasteiger partial charge < -0.3 is 9.88 Å². The maximum absolute atomic E-state index is 12.5. The van der Waals surface area contributed by atoms with Crippen molar-refractivity contribution in [1.29, 1.82) is 0 Å². The molecule has 128 valence electrons. The zero-order valence-corrected chi connectivity index (χ0v) is 13.0. The Morgan fingerprint density at radius 1 is 1.29 bits per heavy atom. The van der Waals surface area contributed by atoms with E-state index in [0.717, 1.165) is 30.7 Å². The van der Waals surface area contributed by atoms with E-state index in [1.807, 2.05) is 10.8 Å². The molecule has 2 atom stereocenters. The molecule has 0 aliphatic heterocycles. The number of hydrogen-bond acceptors (Lipinski definition) is 2. The fraction of sp³-hybridized carbons (Fsp3) is 0.412. The fourth-order valence-corrected chi connectivity index (χ4v) is 2.80. The lowest BCUT2D eigenvalue weighted by molar-refractivity contribution is -0.137. The predicted octanol–water partition coefficient (Wildman–Crippen LogP) is 3.21. The van der Waals surface area contributed by atoms with Gasteiger partial charge in [-0.1, -0.05) is 12.1 Å². The normalized spacial score (nSPS) is 20.0. The lowest BCUT2D eigenvalue weighted by atomic mass is 10.1. The minimum absolute atomic E-state index is 0.0227. The molecule has 1 aromatic heterocycles. The number of nitrogens with one attached hydrogen (secondary N) is 1. The Labute approximate surface area is 137 Å². The summed E-state index contributed by atoms with van der Waals surface area (Å²) in [5.74, 6) is -0.124. The van der Waals surface area contributed by atoms with Crippen LogP contribution in [0.25, 0.3) is 0 Å². The van der Waals surface area contributed by atoms with Crippen LogP contribution in [0.3, 0.4) is 0 Å². The smallest absolute Gasteiger partial charge is 0.356 e. The summed E-state index contributed by atoms with van der Waals surface area (Å²) in [6.07, 6.45) is 2.47. The van der Waals surface area contributed by atoms with Crippen molar-refractivity contribution in [2.75, 3.05) is 6.54 Å². The summed E-state index contributed by atoms with van der Waals surface area (Å²) in [5.41, 5.74) is 0.133. The monoisotopic (exact) mass is 337 g/mol. The molecule has 2 unspecified atom stereocenters. The molecule has 0 spiro atoms. The van der Waals surface area contributed by atoms with Crippen LogP contribution in [0.2, 0.25) is 0 Å². The second kappa shape index (κ2) is 6.67. The molecule has 1 fully saturated rings. The molecule has 3 rings (SSSR count). The summed E-state index contributed by atoms with van der Waals surface area (Å²) in [6.45, 7) is 1.36. The van der Waals surface area contributed by atoms with E-state index >= 15 is 0 Å². The van der Waals surface area contributed by atoms with Crippen molar-refractivity contribution in [3.63, 3.8) is 0 Å². The molecule has 4 nitrogen and oxygen atoms in total. The topological polar surface area (TPSA) is 46.9 Å². The van der Waals surface area contributed by atoms with Crippen LogP contribution in [0.1, 0.15) is 29.9 Å². The third kappa shape index (κ3) is 3.96. The molecule has 1 aliphatic carbocycles. The van der Waals surface area contributed by atoms with Gasteiger partial charge in [-0.3, -0.25) is 4.79 Å². The van der Waals surface area contributed by atoms with Gasteiger partial charge in [0.05, 0.1) is 11.9 Å². The fourth-order valence-electron chi connectivity index (χ4n) is 2.80. The van der Waals surface area contributed by atoms with Crippen molar-refractivity contribution >= 4 is 5.91 Å². The molecule has 7 heteroatoms. The van der Waals surface area contributed by atoms with Gasteiger partial charge >= 0.3 is 6.18 Å². The van der Waals surface area contributed by atoms with E-state index in [1.54, 1.807) is 12.5 Å². The third-order valence-corrected chi connectivity index (χ3v) is 4.24. The first-order valence-corrected chi connectivity index (χ1v) is 7.86. The average Bonchev–Trinajstić information content (AvgIpc) is 3.19. The lowest BCUT2D eigenvalue weighted by Crippen LogP contribution is -2.27. The van der Waals surface area contributed by atoms with Crippen molar-refractivity contribution < 1.29 is 18.0 Å². The number of carbonyl (C=O) groups is 1. The summed E-state index contributed by atoms with van der Waals surface area (Å²) in [7, 11) is 0. The Bertz CT molecular complexity index is 680. The van der Waals surface area contributed by atoms with Gasteiger partial charge in [-0.25, -0.2) is 4.98 Å². The zero-order valence-electron chi connectivity index (χ0n) is 13.0. The number of halogens is 3. The highest BCUT2D eigenvalue weighted by molar-refractivity contribution is 5.82. The number of aryl methyl sites for hydroxylation is 1. The Morgan fingerprint density at radius 2 is 2.04 bits per heavy atom. The summed E-state index contributed by atoms with van der Waals surface area (Å²) in [4.78, 5) is 16.0. The molecule has 24 heavy (non-hydrogen) atoms. The van der Waals surface area contributed by atoms with Gasteiger partial charge in [0.25, 0.3) is 0 Å². The molecule has 0 radical (unpaired) electrons. The number of benzene rings is 1. The van der Waals surface area contributed by atoms with E-state index < -0.39 is 11.7 Å². The summed E-state index contributed by atoms with van der Waals surface area (Å²) >= 11 is 0. The number of alkyl halides is 3. The molecular formula is C17H18F3N3O. The first-order chi connectivity index (χ1) is 11.4.